The summed E-state index contributed by atoms with van der Waals surface area (Å²) in [4.78, 5) is 10.9. The molecule has 0 aliphatic heterocycles. The van der Waals surface area contributed by atoms with Gasteiger partial charge >= 0.3 is 16.4 Å². The van der Waals surface area contributed by atoms with Gasteiger partial charge in [0, 0.05) is 0 Å². The van der Waals surface area contributed by atoms with E-state index in [2.05, 4.69) is 49.4 Å². The van der Waals surface area contributed by atoms with E-state index >= 15 is 0 Å². The summed E-state index contributed by atoms with van der Waals surface area (Å²) < 4.78 is 43.8. The van der Waals surface area contributed by atoms with Gasteiger partial charge in [-0.1, -0.05) is 0 Å². The van der Waals surface area contributed by atoms with Crippen molar-refractivity contribution in [1.82, 2.24) is 0 Å². The first kappa shape index (κ1) is 24.6. The van der Waals surface area contributed by atoms with Gasteiger partial charge in [0.05, 0.1) is 14.3 Å². The molecule has 0 aliphatic rings. The summed E-state index contributed by atoms with van der Waals surface area (Å²) in [5.41, 5.74) is 6.37. The molecule has 2 aromatic carbocycles. The molecule has 28 heavy (non-hydrogen) atoms. The van der Waals surface area contributed by atoms with Gasteiger partial charge in [-0.2, -0.15) is 8.42 Å². The third kappa shape index (κ3) is 6.93. The third-order valence-corrected chi connectivity index (χ3v) is 6.79. The van der Waals surface area contributed by atoms with Crippen molar-refractivity contribution in [1.29, 1.82) is 0 Å². The summed E-state index contributed by atoms with van der Waals surface area (Å²) in [6.45, 7) is 0. The highest BCUT2D eigenvalue weighted by Crippen LogP contribution is 2.37. The Labute approximate surface area is 215 Å². The molecule has 0 saturated carbocycles. The fourth-order valence-electron chi connectivity index (χ4n) is 2.07. The molecule has 0 aromatic heterocycles. The first-order chi connectivity index (χ1) is 12.9. The maximum Gasteiger partial charge on any atom is 0.446 e. The highest BCUT2D eigenvalue weighted by molar-refractivity contribution is 14.1. The van der Waals surface area contributed by atoms with Gasteiger partial charge in [0.25, 0.3) is 0 Å². The molecular formula is C15H11I4NO7S. The Morgan fingerprint density at radius 2 is 1.46 bits per heavy atom. The van der Waals surface area contributed by atoms with E-state index in [9.17, 15) is 13.2 Å². The van der Waals surface area contributed by atoms with Crippen LogP contribution < -0.4 is 14.7 Å². The van der Waals surface area contributed by atoms with Crippen molar-refractivity contribution in [3.05, 3.63) is 44.1 Å². The van der Waals surface area contributed by atoms with Crippen LogP contribution in [0.2, 0.25) is 0 Å². The van der Waals surface area contributed by atoms with Gasteiger partial charge in [-0.3, -0.25) is 9.35 Å². The molecule has 0 bridgehead atoms. The van der Waals surface area contributed by atoms with Crippen LogP contribution in [-0.2, 0) is 21.6 Å². The average Bonchev–Trinajstić information content (AvgIpc) is 2.53. The molecule has 4 N–H and O–H groups in total. The standard InChI is InChI=1S/C15H11I4NO7S/c16-8-1-6(3-12(20)15(21)22)2-9(17)13(8)26-7-4-10(18)14(11(19)5-7)27-28(23,24)25/h1-2,4-5,12H,3,20H2,(H,21,22)(H,23,24,25)/t12-/m0/s1. The van der Waals surface area contributed by atoms with Gasteiger partial charge < -0.3 is 19.8 Å². The maximum absolute atomic E-state index is 11.0. The zero-order chi connectivity index (χ0) is 21.2. The minimum Gasteiger partial charge on any atom is -0.480 e. The van der Waals surface area contributed by atoms with Gasteiger partial charge in [0.1, 0.15) is 11.8 Å². The molecule has 13 heteroatoms. The fourth-order valence-corrected chi connectivity index (χ4v) is 6.80. The lowest BCUT2D eigenvalue weighted by molar-refractivity contribution is -0.138. The molecule has 2 aromatic rings. The third-order valence-electron chi connectivity index (χ3n) is 3.21. The van der Waals surface area contributed by atoms with Crippen molar-refractivity contribution in [2.45, 2.75) is 12.5 Å². The van der Waals surface area contributed by atoms with Crippen molar-refractivity contribution in [2.75, 3.05) is 0 Å². The number of halogens is 4. The predicted molar refractivity (Wildman–Crippen MR) is 135 cm³/mol. The summed E-state index contributed by atoms with van der Waals surface area (Å²) in [6.07, 6.45) is 0.194. The lowest BCUT2D eigenvalue weighted by atomic mass is 10.1. The number of ether oxygens (including phenoxy) is 1. The minimum absolute atomic E-state index is 0.0125. The lowest BCUT2D eigenvalue weighted by Gasteiger charge is -2.15. The van der Waals surface area contributed by atoms with E-state index in [-0.39, 0.29) is 12.2 Å². The number of nitrogens with two attached hydrogens (primary N) is 1. The molecule has 0 spiro atoms. The van der Waals surface area contributed by atoms with E-state index in [4.69, 9.17) is 20.1 Å². The Morgan fingerprint density at radius 3 is 1.89 bits per heavy atom. The van der Waals surface area contributed by atoms with Crippen LogP contribution in [0.25, 0.3) is 0 Å². The number of hydrogen-bond donors (Lipinski definition) is 3. The van der Waals surface area contributed by atoms with Crippen molar-refractivity contribution in [2.24, 2.45) is 5.73 Å². The van der Waals surface area contributed by atoms with Crippen LogP contribution in [0.3, 0.4) is 0 Å². The predicted octanol–water partition coefficient (Wildman–Crippen LogP) is 4.03. The van der Waals surface area contributed by atoms with E-state index in [0.717, 1.165) is 12.7 Å². The fraction of sp³-hybridized carbons (Fsp3) is 0.133. The topological polar surface area (TPSA) is 136 Å². The first-order valence-corrected chi connectivity index (χ1v) is 12.9. The van der Waals surface area contributed by atoms with E-state index in [0.29, 0.717) is 18.6 Å². The lowest BCUT2D eigenvalue weighted by Crippen LogP contribution is -2.32. The molecule has 0 heterocycles. The molecule has 0 amide bonds. The van der Waals surface area contributed by atoms with Gasteiger partial charge in [-0.05, 0) is 127 Å². The number of carbonyl (C=O) groups is 1. The van der Waals surface area contributed by atoms with Crippen LogP contribution in [0.15, 0.2) is 24.3 Å². The zero-order valence-corrected chi connectivity index (χ0v) is 23.0. The van der Waals surface area contributed by atoms with E-state index in [1.54, 1.807) is 24.3 Å². The zero-order valence-electron chi connectivity index (χ0n) is 13.5. The normalized spacial score (nSPS) is 12.5. The van der Waals surface area contributed by atoms with Crippen LogP contribution in [0.4, 0.5) is 0 Å². The van der Waals surface area contributed by atoms with E-state index < -0.39 is 22.4 Å². The molecule has 1 atom stereocenters. The van der Waals surface area contributed by atoms with Crippen LogP contribution >= 0.6 is 90.4 Å². The highest BCUT2D eigenvalue weighted by atomic mass is 127. The Bertz CT molecular complexity index is 983. The van der Waals surface area contributed by atoms with Crippen molar-refractivity contribution >= 4 is 107 Å². The van der Waals surface area contributed by atoms with Crippen LogP contribution in [0, 0.1) is 14.3 Å². The number of aliphatic carboxylic acids is 1. The van der Waals surface area contributed by atoms with Crippen molar-refractivity contribution in [3.8, 4) is 17.2 Å². The highest BCUT2D eigenvalue weighted by Gasteiger charge is 2.19. The number of carboxylic acid groups (broad SMARTS) is 1. The van der Waals surface area contributed by atoms with Gasteiger partial charge in [0.2, 0.25) is 0 Å². The molecule has 0 unspecified atom stereocenters. The smallest absolute Gasteiger partial charge is 0.446 e. The van der Waals surface area contributed by atoms with E-state index in [1.807, 2.05) is 45.2 Å². The molecule has 8 nitrogen and oxygen atoms in total. The minimum atomic E-state index is -4.63. The van der Waals surface area contributed by atoms with E-state index in [1.165, 1.54) is 0 Å². The summed E-state index contributed by atoms with van der Waals surface area (Å²) in [5, 5.41) is 8.96. The second kappa shape index (κ2) is 10.1. The maximum atomic E-state index is 11.0. The second-order valence-corrected chi connectivity index (χ2v) is 11.0. The Balaban J connectivity index is 2.32. The quantitative estimate of drug-likeness (QED) is 0.281. The second-order valence-electron chi connectivity index (χ2n) is 5.37. The molecule has 0 fully saturated rings. The van der Waals surface area contributed by atoms with Gasteiger partial charge in [0.15, 0.2) is 11.5 Å². The monoisotopic (exact) mass is 857 g/mol. The molecule has 0 aliphatic carbocycles. The van der Waals surface area contributed by atoms with Gasteiger partial charge in [-0.25, -0.2) is 0 Å². The number of carboxylic acids is 1. The molecule has 2 rings (SSSR count). The summed E-state index contributed by atoms with van der Waals surface area (Å²) >= 11 is 7.93. The first-order valence-electron chi connectivity index (χ1n) is 7.17. The molecule has 152 valence electrons. The van der Waals surface area contributed by atoms with Crippen LogP contribution in [-0.4, -0.2) is 30.1 Å². The Morgan fingerprint density at radius 1 is 1.00 bits per heavy atom. The summed E-state index contributed by atoms with van der Waals surface area (Å²) in [7, 11) is -4.63. The molecular weight excluding hydrogens is 846 g/mol. The van der Waals surface area contributed by atoms with Crippen LogP contribution in [0.1, 0.15) is 5.56 Å². The Kier molecular flexibility index (Phi) is 8.84. The summed E-state index contributed by atoms with van der Waals surface area (Å²) in [6, 6.07) is 5.75. The van der Waals surface area contributed by atoms with Crippen molar-refractivity contribution < 1.29 is 31.8 Å². The molecule has 0 radical (unpaired) electrons. The average molecular weight is 857 g/mol. The number of hydrogen-bond acceptors (Lipinski definition) is 6. The van der Waals surface area contributed by atoms with Crippen LogP contribution in [0.5, 0.6) is 17.2 Å². The molecule has 0 saturated heterocycles. The SMILES string of the molecule is N[C@@H](Cc1cc(I)c(Oc2cc(I)c(OS(=O)(=O)O)c(I)c2)c(I)c1)C(=O)O. The summed E-state index contributed by atoms with van der Waals surface area (Å²) in [5.74, 6) is -0.0358. The number of rotatable bonds is 7. The number of benzene rings is 2. The Hall–Kier alpha value is 0.300. The van der Waals surface area contributed by atoms with Crippen molar-refractivity contribution in [3.63, 3.8) is 0 Å². The largest absolute Gasteiger partial charge is 0.480 e. The van der Waals surface area contributed by atoms with Gasteiger partial charge in [-0.15, -0.1) is 0 Å².